The van der Waals surface area contributed by atoms with E-state index < -0.39 is 12.0 Å². The van der Waals surface area contributed by atoms with Crippen molar-refractivity contribution < 1.29 is 19.4 Å². The van der Waals surface area contributed by atoms with Gasteiger partial charge in [0.1, 0.15) is 18.4 Å². The Morgan fingerprint density at radius 2 is 2.14 bits per heavy atom. The van der Waals surface area contributed by atoms with Crippen LogP contribution in [0.15, 0.2) is 29.8 Å². The van der Waals surface area contributed by atoms with E-state index in [2.05, 4.69) is 5.32 Å². The van der Waals surface area contributed by atoms with Gasteiger partial charge in [0.2, 0.25) is 0 Å². The summed E-state index contributed by atoms with van der Waals surface area (Å²) < 4.78 is 5.50. The van der Waals surface area contributed by atoms with Gasteiger partial charge in [0.25, 0.3) is 5.91 Å². The molecule has 0 saturated heterocycles. The van der Waals surface area contributed by atoms with E-state index in [9.17, 15) is 9.59 Å². The molecule has 1 unspecified atom stereocenters. The molecule has 0 aliphatic carbocycles. The van der Waals surface area contributed by atoms with Crippen LogP contribution in [0.2, 0.25) is 0 Å². The van der Waals surface area contributed by atoms with Gasteiger partial charge in [-0.1, -0.05) is 38.0 Å². The first-order chi connectivity index (χ1) is 10.1. The zero-order valence-corrected chi connectivity index (χ0v) is 12.0. The highest BCUT2D eigenvalue weighted by Crippen LogP contribution is 2.25. The van der Waals surface area contributed by atoms with Crippen molar-refractivity contribution in [3.05, 3.63) is 35.4 Å². The van der Waals surface area contributed by atoms with E-state index in [1.807, 2.05) is 31.2 Å². The molecule has 1 amide bonds. The summed E-state index contributed by atoms with van der Waals surface area (Å²) in [5.74, 6) is -0.655. The summed E-state index contributed by atoms with van der Waals surface area (Å²) in [5.41, 5.74) is 1.27. The van der Waals surface area contributed by atoms with E-state index in [1.165, 1.54) is 0 Å². The number of ether oxygens (including phenoxy) is 1. The first-order valence-electron chi connectivity index (χ1n) is 7.08. The average Bonchev–Trinajstić information content (AvgIpc) is 2.50. The number of rotatable bonds is 6. The van der Waals surface area contributed by atoms with Crippen molar-refractivity contribution in [2.45, 2.75) is 32.2 Å². The number of carbonyl (C=O) groups excluding carboxylic acids is 1. The van der Waals surface area contributed by atoms with Crippen LogP contribution in [0.4, 0.5) is 0 Å². The van der Waals surface area contributed by atoms with Crippen LogP contribution in [0, 0.1) is 0 Å². The number of hydrogen-bond acceptors (Lipinski definition) is 3. The Bertz CT molecular complexity index is 565. The van der Waals surface area contributed by atoms with Crippen LogP contribution in [-0.4, -0.2) is 29.6 Å². The van der Waals surface area contributed by atoms with Gasteiger partial charge in [0.15, 0.2) is 0 Å². The molecule has 2 N–H and O–H groups in total. The minimum absolute atomic E-state index is 0.156. The van der Waals surface area contributed by atoms with Gasteiger partial charge in [-0.25, -0.2) is 4.79 Å². The summed E-state index contributed by atoms with van der Waals surface area (Å²) in [7, 11) is 0. The molecule has 21 heavy (non-hydrogen) atoms. The van der Waals surface area contributed by atoms with Gasteiger partial charge in [0.05, 0.1) is 5.57 Å². The molecule has 5 nitrogen and oxygen atoms in total. The third-order valence-electron chi connectivity index (χ3n) is 3.37. The van der Waals surface area contributed by atoms with E-state index in [0.717, 1.165) is 24.2 Å². The number of amides is 1. The van der Waals surface area contributed by atoms with Crippen LogP contribution in [0.5, 0.6) is 5.75 Å². The fourth-order valence-electron chi connectivity index (χ4n) is 2.16. The highest BCUT2D eigenvalue weighted by molar-refractivity contribution is 6.00. The summed E-state index contributed by atoms with van der Waals surface area (Å²) in [5, 5.41) is 11.7. The van der Waals surface area contributed by atoms with Gasteiger partial charge in [-0.2, -0.15) is 0 Å². The quantitative estimate of drug-likeness (QED) is 0.842. The van der Waals surface area contributed by atoms with Crippen molar-refractivity contribution in [2.75, 3.05) is 6.61 Å². The molecule has 0 saturated carbocycles. The van der Waals surface area contributed by atoms with Crippen molar-refractivity contribution >= 4 is 18.0 Å². The predicted octanol–water partition coefficient (Wildman–Crippen LogP) is 2.22. The largest absolute Gasteiger partial charge is 0.488 e. The normalized spacial score (nSPS) is 14.4. The minimum atomic E-state index is -1.01. The number of aliphatic carboxylic acids is 1. The monoisotopic (exact) mass is 289 g/mol. The molecule has 0 spiro atoms. The Kier molecular flexibility index (Phi) is 4.98. The number of benzene rings is 1. The Morgan fingerprint density at radius 3 is 2.86 bits per heavy atom. The maximum Gasteiger partial charge on any atom is 0.326 e. The van der Waals surface area contributed by atoms with Gasteiger partial charge in [-0.05, 0) is 18.6 Å². The molecule has 2 rings (SSSR count). The second-order valence-electron chi connectivity index (χ2n) is 5.00. The van der Waals surface area contributed by atoms with Crippen LogP contribution in [0.3, 0.4) is 0 Å². The summed E-state index contributed by atoms with van der Waals surface area (Å²) in [6.07, 6.45) is 3.82. The maximum absolute atomic E-state index is 12.2. The molecule has 1 atom stereocenters. The second kappa shape index (κ2) is 6.92. The lowest BCUT2D eigenvalue weighted by Gasteiger charge is -2.19. The summed E-state index contributed by atoms with van der Waals surface area (Å²) in [4.78, 5) is 23.3. The third kappa shape index (κ3) is 3.84. The van der Waals surface area contributed by atoms with Gasteiger partial charge >= 0.3 is 5.97 Å². The van der Waals surface area contributed by atoms with Crippen LogP contribution < -0.4 is 10.1 Å². The number of carboxylic acid groups (broad SMARTS) is 1. The molecule has 1 aliphatic heterocycles. The highest BCUT2D eigenvalue weighted by Gasteiger charge is 2.23. The Labute approximate surface area is 123 Å². The minimum Gasteiger partial charge on any atom is -0.488 e. The SMILES string of the molecule is CCCCC(NC(=O)C1=Cc2ccccc2OC1)C(=O)O. The third-order valence-corrected chi connectivity index (χ3v) is 3.37. The van der Waals surface area contributed by atoms with Crippen molar-refractivity contribution in [1.29, 1.82) is 0 Å². The molecule has 1 aromatic carbocycles. The lowest BCUT2D eigenvalue weighted by molar-refractivity contribution is -0.141. The van der Waals surface area contributed by atoms with Crippen LogP contribution in [0.25, 0.3) is 6.08 Å². The number of hydrogen-bond donors (Lipinski definition) is 2. The molecule has 0 aromatic heterocycles. The van der Waals surface area contributed by atoms with Crippen LogP contribution in [-0.2, 0) is 9.59 Å². The molecule has 5 heteroatoms. The van der Waals surface area contributed by atoms with Gasteiger partial charge < -0.3 is 15.2 Å². The van der Waals surface area contributed by atoms with Crippen molar-refractivity contribution in [1.82, 2.24) is 5.32 Å². The van der Waals surface area contributed by atoms with Crippen molar-refractivity contribution in [3.63, 3.8) is 0 Å². The number of para-hydroxylation sites is 1. The number of nitrogens with one attached hydrogen (secondary N) is 1. The van der Waals surface area contributed by atoms with E-state index in [-0.39, 0.29) is 12.5 Å². The molecule has 1 aromatic rings. The molecule has 1 heterocycles. The molecule has 0 radical (unpaired) electrons. The topological polar surface area (TPSA) is 75.6 Å². The Balaban J connectivity index is 2.06. The second-order valence-corrected chi connectivity index (χ2v) is 5.00. The number of unbranched alkanes of at least 4 members (excludes halogenated alkanes) is 1. The zero-order chi connectivity index (χ0) is 15.2. The molecular weight excluding hydrogens is 270 g/mol. The van der Waals surface area contributed by atoms with Gasteiger partial charge in [-0.15, -0.1) is 0 Å². The molecule has 0 fully saturated rings. The fraction of sp³-hybridized carbons (Fsp3) is 0.375. The van der Waals surface area contributed by atoms with E-state index >= 15 is 0 Å². The molecule has 1 aliphatic rings. The summed E-state index contributed by atoms with van der Waals surface area (Å²) in [6, 6.07) is 6.56. The Hall–Kier alpha value is -2.30. The number of fused-ring (bicyclic) bond motifs is 1. The fourth-order valence-corrected chi connectivity index (χ4v) is 2.16. The van der Waals surface area contributed by atoms with Crippen molar-refractivity contribution in [3.8, 4) is 5.75 Å². The van der Waals surface area contributed by atoms with E-state index in [1.54, 1.807) is 6.08 Å². The van der Waals surface area contributed by atoms with Crippen LogP contribution >= 0.6 is 0 Å². The average molecular weight is 289 g/mol. The first kappa shape index (κ1) is 15.1. The zero-order valence-electron chi connectivity index (χ0n) is 12.0. The van der Waals surface area contributed by atoms with E-state index in [0.29, 0.717) is 12.0 Å². The van der Waals surface area contributed by atoms with Crippen molar-refractivity contribution in [2.24, 2.45) is 0 Å². The van der Waals surface area contributed by atoms with Gasteiger partial charge in [0, 0.05) is 5.56 Å². The summed E-state index contributed by atoms with van der Waals surface area (Å²) in [6.45, 7) is 2.14. The first-order valence-corrected chi connectivity index (χ1v) is 7.08. The number of carbonyl (C=O) groups is 2. The summed E-state index contributed by atoms with van der Waals surface area (Å²) >= 11 is 0. The van der Waals surface area contributed by atoms with E-state index in [4.69, 9.17) is 9.84 Å². The van der Waals surface area contributed by atoms with Gasteiger partial charge in [-0.3, -0.25) is 4.79 Å². The molecule has 0 bridgehead atoms. The Morgan fingerprint density at radius 1 is 1.38 bits per heavy atom. The highest BCUT2D eigenvalue weighted by atomic mass is 16.5. The molecule has 112 valence electrons. The predicted molar refractivity (Wildman–Crippen MR) is 79.0 cm³/mol. The lowest BCUT2D eigenvalue weighted by Crippen LogP contribution is -2.42. The number of carboxylic acids is 1. The lowest BCUT2D eigenvalue weighted by atomic mass is 10.1. The van der Waals surface area contributed by atoms with Crippen LogP contribution in [0.1, 0.15) is 31.7 Å². The standard InChI is InChI=1S/C16H19NO4/c1-2-3-7-13(16(19)20)17-15(18)12-9-11-6-4-5-8-14(11)21-10-12/h4-6,8-9,13H,2-3,7,10H2,1H3,(H,17,18)(H,19,20). The molecular formula is C16H19NO4. The smallest absolute Gasteiger partial charge is 0.326 e. The maximum atomic E-state index is 12.2.